The van der Waals surface area contributed by atoms with E-state index in [1.54, 1.807) is 38.1 Å². The van der Waals surface area contributed by atoms with Gasteiger partial charge in [-0.25, -0.2) is 0 Å². The van der Waals surface area contributed by atoms with Crippen LogP contribution in [0.15, 0.2) is 48.5 Å². The van der Waals surface area contributed by atoms with Gasteiger partial charge >= 0.3 is 5.97 Å². The summed E-state index contributed by atoms with van der Waals surface area (Å²) >= 11 is 0. The molecule has 2 amide bonds. The third kappa shape index (κ3) is 3.63. The Bertz CT molecular complexity index is 936. The molecule has 146 valence electrons. The van der Waals surface area contributed by atoms with Crippen molar-refractivity contribution in [3.8, 4) is 0 Å². The minimum absolute atomic E-state index is 0.0881. The second kappa shape index (κ2) is 7.46. The summed E-state index contributed by atoms with van der Waals surface area (Å²) in [7, 11) is 0. The number of hydrogen-bond acceptors (Lipinski definition) is 4. The van der Waals surface area contributed by atoms with Crippen LogP contribution in [0.5, 0.6) is 0 Å². The lowest BCUT2D eigenvalue weighted by Gasteiger charge is -2.42. The predicted octanol–water partition coefficient (Wildman–Crippen LogP) is 3.23. The van der Waals surface area contributed by atoms with Crippen LogP contribution in [0.3, 0.4) is 0 Å². The number of aryl methyl sites for hydroxylation is 1. The molecule has 1 aliphatic heterocycles. The highest BCUT2D eigenvalue weighted by molar-refractivity contribution is 6.15. The first-order valence-electron chi connectivity index (χ1n) is 9.20. The fraction of sp³-hybridized carbons (Fsp3) is 0.318. The van der Waals surface area contributed by atoms with E-state index in [1.807, 2.05) is 31.2 Å². The van der Waals surface area contributed by atoms with Crippen LogP contribution in [0.2, 0.25) is 0 Å². The largest absolute Gasteiger partial charge is 0.452 e. The molecule has 1 aliphatic rings. The van der Waals surface area contributed by atoms with Crippen molar-refractivity contribution in [3.05, 3.63) is 59.7 Å². The molecule has 28 heavy (non-hydrogen) atoms. The molecule has 0 saturated heterocycles. The van der Waals surface area contributed by atoms with Gasteiger partial charge in [-0.3, -0.25) is 19.3 Å². The molecule has 0 radical (unpaired) electrons. The summed E-state index contributed by atoms with van der Waals surface area (Å²) in [6, 6.07) is 14.6. The molecular weight excluding hydrogens is 356 g/mol. The fourth-order valence-electron chi connectivity index (χ4n) is 3.28. The average molecular weight is 380 g/mol. The normalized spacial score (nSPS) is 16.0. The maximum Gasteiger partial charge on any atom is 0.311 e. The zero-order valence-corrected chi connectivity index (χ0v) is 16.5. The number of anilines is 2. The number of carbonyl (C=O) groups excluding carboxylic acids is 3. The number of nitrogens with zero attached hydrogens (tertiary/aromatic N) is 1. The summed E-state index contributed by atoms with van der Waals surface area (Å²) in [6.45, 7) is 6.78. The van der Waals surface area contributed by atoms with Gasteiger partial charge in [0.15, 0.2) is 6.10 Å². The summed E-state index contributed by atoms with van der Waals surface area (Å²) < 4.78 is 5.41. The SMILES string of the molecule is Cc1ccccc1CC(=O)O[C@H](C)C(=O)N1c2ccccc2NC(=O)C1(C)C. The van der Waals surface area contributed by atoms with E-state index in [9.17, 15) is 14.4 Å². The lowest BCUT2D eigenvalue weighted by Crippen LogP contribution is -2.60. The molecule has 1 heterocycles. The van der Waals surface area contributed by atoms with Crippen molar-refractivity contribution in [2.24, 2.45) is 0 Å². The molecule has 0 unspecified atom stereocenters. The lowest BCUT2D eigenvalue weighted by molar-refractivity contribution is -0.153. The summed E-state index contributed by atoms with van der Waals surface area (Å²) in [4.78, 5) is 39.4. The highest BCUT2D eigenvalue weighted by atomic mass is 16.5. The Morgan fingerprint density at radius 2 is 1.75 bits per heavy atom. The van der Waals surface area contributed by atoms with Crippen LogP contribution in [0, 0.1) is 6.92 Å². The topological polar surface area (TPSA) is 75.7 Å². The van der Waals surface area contributed by atoms with E-state index in [1.165, 1.54) is 11.8 Å². The van der Waals surface area contributed by atoms with Gasteiger partial charge in [-0.15, -0.1) is 0 Å². The molecule has 1 N–H and O–H groups in total. The summed E-state index contributed by atoms with van der Waals surface area (Å²) in [5.74, 6) is -1.22. The van der Waals surface area contributed by atoms with Crippen LogP contribution < -0.4 is 10.2 Å². The molecule has 3 rings (SSSR count). The highest BCUT2D eigenvalue weighted by Crippen LogP contribution is 2.37. The van der Waals surface area contributed by atoms with Gasteiger partial charge < -0.3 is 10.1 Å². The number of para-hydroxylation sites is 2. The molecule has 0 spiro atoms. The minimum Gasteiger partial charge on any atom is -0.452 e. The van der Waals surface area contributed by atoms with Crippen molar-refractivity contribution in [2.45, 2.75) is 45.8 Å². The maximum atomic E-state index is 13.1. The smallest absolute Gasteiger partial charge is 0.311 e. The van der Waals surface area contributed by atoms with Gasteiger partial charge in [0.05, 0.1) is 17.8 Å². The first-order valence-corrected chi connectivity index (χ1v) is 9.20. The van der Waals surface area contributed by atoms with Gasteiger partial charge in [-0.05, 0) is 51.0 Å². The predicted molar refractivity (Wildman–Crippen MR) is 107 cm³/mol. The Morgan fingerprint density at radius 3 is 2.46 bits per heavy atom. The van der Waals surface area contributed by atoms with Crippen molar-refractivity contribution in [3.63, 3.8) is 0 Å². The van der Waals surface area contributed by atoms with Crippen LogP contribution in [-0.4, -0.2) is 29.4 Å². The van der Waals surface area contributed by atoms with Gasteiger partial charge in [0.2, 0.25) is 5.91 Å². The molecule has 6 heteroatoms. The van der Waals surface area contributed by atoms with E-state index < -0.39 is 23.5 Å². The third-order valence-corrected chi connectivity index (χ3v) is 4.98. The zero-order valence-electron chi connectivity index (χ0n) is 16.5. The molecule has 0 fully saturated rings. The van der Waals surface area contributed by atoms with Gasteiger partial charge in [0.25, 0.3) is 5.91 Å². The Kier molecular flexibility index (Phi) is 5.23. The second-order valence-electron chi connectivity index (χ2n) is 7.44. The zero-order chi connectivity index (χ0) is 20.5. The van der Waals surface area contributed by atoms with Crippen molar-refractivity contribution >= 4 is 29.2 Å². The first kappa shape index (κ1) is 19.6. The molecule has 2 aromatic rings. The van der Waals surface area contributed by atoms with Crippen LogP contribution in [0.4, 0.5) is 11.4 Å². The Labute approximate surface area is 164 Å². The Hall–Kier alpha value is -3.15. The number of ether oxygens (including phenoxy) is 1. The molecule has 0 aromatic heterocycles. The van der Waals surface area contributed by atoms with E-state index >= 15 is 0 Å². The number of carbonyl (C=O) groups is 3. The monoisotopic (exact) mass is 380 g/mol. The second-order valence-corrected chi connectivity index (χ2v) is 7.44. The van der Waals surface area contributed by atoms with Crippen molar-refractivity contribution in [1.82, 2.24) is 0 Å². The Morgan fingerprint density at radius 1 is 1.11 bits per heavy atom. The van der Waals surface area contributed by atoms with Crippen molar-refractivity contribution in [1.29, 1.82) is 0 Å². The molecular formula is C22H24N2O4. The van der Waals surface area contributed by atoms with Crippen LogP contribution in [0.25, 0.3) is 0 Å². The standard InChI is InChI=1S/C22H24N2O4/c1-14-9-5-6-10-16(14)13-19(25)28-15(2)20(26)24-18-12-8-7-11-17(18)23-21(27)22(24,3)4/h5-12,15H,13H2,1-4H3,(H,23,27)/t15-/m1/s1. The minimum atomic E-state index is -1.11. The maximum absolute atomic E-state index is 13.1. The van der Waals surface area contributed by atoms with Gasteiger partial charge in [-0.2, -0.15) is 0 Å². The highest BCUT2D eigenvalue weighted by Gasteiger charge is 2.45. The van der Waals surface area contributed by atoms with Gasteiger partial charge in [-0.1, -0.05) is 36.4 Å². The quantitative estimate of drug-likeness (QED) is 0.827. The first-order chi connectivity index (χ1) is 13.2. The summed E-state index contributed by atoms with van der Waals surface area (Å²) in [5, 5.41) is 2.81. The number of rotatable bonds is 4. The lowest BCUT2D eigenvalue weighted by atomic mass is 9.95. The van der Waals surface area contributed by atoms with E-state index in [-0.39, 0.29) is 12.3 Å². The molecule has 0 bridgehead atoms. The Balaban J connectivity index is 1.79. The molecule has 0 aliphatic carbocycles. The number of fused-ring (bicyclic) bond motifs is 1. The van der Waals surface area contributed by atoms with Crippen LogP contribution in [0.1, 0.15) is 31.9 Å². The van der Waals surface area contributed by atoms with Gasteiger partial charge in [0.1, 0.15) is 5.54 Å². The van der Waals surface area contributed by atoms with E-state index in [0.717, 1.165) is 11.1 Å². The van der Waals surface area contributed by atoms with Crippen molar-refractivity contribution < 1.29 is 19.1 Å². The van der Waals surface area contributed by atoms with Crippen LogP contribution in [-0.2, 0) is 25.5 Å². The summed E-state index contributed by atoms with van der Waals surface area (Å²) in [6.07, 6.45) is -0.931. The molecule has 2 aromatic carbocycles. The molecule has 6 nitrogen and oxygen atoms in total. The number of amides is 2. The van der Waals surface area contributed by atoms with Crippen LogP contribution >= 0.6 is 0 Å². The van der Waals surface area contributed by atoms with Gasteiger partial charge in [0, 0.05) is 0 Å². The fourth-order valence-corrected chi connectivity index (χ4v) is 3.28. The third-order valence-electron chi connectivity index (χ3n) is 4.98. The van der Waals surface area contributed by atoms with E-state index in [2.05, 4.69) is 5.32 Å². The number of hydrogen-bond donors (Lipinski definition) is 1. The molecule has 1 atom stereocenters. The molecule has 0 saturated carbocycles. The van der Waals surface area contributed by atoms with E-state index in [0.29, 0.717) is 11.4 Å². The number of esters is 1. The van der Waals surface area contributed by atoms with Crippen molar-refractivity contribution in [2.75, 3.05) is 10.2 Å². The summed E-state index contributed by atoms with van der Waals surface area (Å²) in [5.41, 5.74) is 1.87. The number of benzene rings is 2. The number of nitrogens with one attached hydrogen (secondary N) is 1. The van der Waals surface area contributed by atoms with E-state index in [4.69, 9.17) is 4.74 Å². The average Bonchev–Trinajstić information content (AvgIpc) is 2.64.